The second-order valence-corrected chi connectivity index (χ2v) is 5.17. The van der Waals surface area contributed by atoms with Gasteiger partial charge < -0.3 is 10.0 Å². The maximum atomic E-state index is 11.9. The predicted octanol–water partition coefficient (Wildman–Crippen LogP) is 0.607. The average molecular weight is 232 g/mol. The van der Waals surface area contributed by atoms with E-state index in [-0.39, 0.29) is 5.91 Å². The number of hydrogen-bond donors (Lipinski definition) is 1. The lowest BCUT2D eigenvalue weighted by atomic mass is 9.88. The molecule has 4 nitrogen and oxygen atoms in total. The third-order valence-corrected chi connectivity index (χ3v) is 3.70. The molecule has 1 amide bonds. The molecule has 4 heteroatoms. The molecular formula is C13H16N2O2. The van der Waals surface area contributed by atoms with Crippen LogP contribution < -0.4 is 0 Å². The van der Waals surface area contributed by atoms with Crippen LogP contribution in [-0.4, -0.2) is 39.6 Å². The van der Waals surface area contributed by atoms with Gasteiger partial charge in [0.2, 0.25) is 5.91 Å². The molecule has 1 saturated carbocycles. The Morgan fingerprint density at radius 3 is 2.88 bits per heavy atom. The molecule has 0 spiro atoms. The number of β-amino-alcohol motifs (C(OH)–C–C–N with tert-alkyl or cyclic N) is 1. The van der Waals surface area contributed by atoms with Crippen LogP contribution in [0.4, 0.5) is 0 Å². The Morgan fingerprint density at radius 1 is 1.53 bits per heavy atom. The molecule has 17 heavy (non-hydrogen) atoms. The van der Waals surface area contributed by atoms with E-state index in [1.54, 1.807) is 17.3 Å². The molecule has 2 heterocycles. The average Bonchev–Trinajstić information content (AvgIpc) is 3.10. The van der Waals surface area contributed by atoms with Crippen molar-refractivity contribution in [2.24, 2.45) is 5.92 Å². The zero-order valence-electron chi connectivity index (χ0n) is 9.67. The van der Waals surface area contributed by atoms with Gasteiger partial charge >= 0.3 is 0 Å². The van der Waals surface area contributed by atoms with E-state index in [1.807, 2.05) is 12.1 Å². The number of likely N-dealkylation sites (tertiary alicyclic amines) is 1. The summed E-state index contributed by atoms with van der Waals surface area (Å²) in [6, 6.07) is 3.73. The van der Waals surface area contributed by atoms with E-state index in [9.17, 15) is 9.90 Å². The van der Waals surface area contributed by atoms with Gasteiger partial charge in [-0.3, -0.25) is 9.78 Å². The van der Waals surface area contributed by atoms with Crippen molar-refractivity contribution in [3.8, 4) is 0 Å². The number of carbonyl (C=O) groups excluding carboxylic acids is 1. The molecule has 1 N–H and O–H groups in total. The molecule has 0 atom stereocenters. The minimum absolute atomic E-state index is 0.0864. The second-order valence-electron chi connectivity index (χ2n) is 5.17. The van der Waals surface area contributed by atoms with E-state index in [0.717, 1.165) is 18.4 Å². The molecule has 2 aliphatic rings. The summed E-state index contributed by atoms with van der Waals surface area (Å²) < 4.78 is 0. The topological polar surface area (TPSA) is 53.4 Å². The summed E-state index contributed by atoms with van der Waals surface area (Å²) in [6.45, 7) is 1.02. The Labute approximate surface area is 100 Å². The minimum Gasteiger partial charge on any atom is -0.386 e. The van der Waals surface area contributed by atoms with E-state index >= 15 is 0 Å². The Balaban J connectivity index is 1.55. The number of aliphatic hydroxyl groups is 1. The first-order chi connectivity index (χ1) is 8.17. The van der Waals surface area contributed by atoms with E-state index in [0.29, 0.717) is 25.4 Å². The SMILES string of the molecule is O=C(Cc1cccnc1)N1CC(O)(C2CC2)C1. The molecule has 1 aliphatic heterocycles. The van der Waals surface area contributed by atoms with Crippen LogP contribution in [0.15, 0.2) is 24.5 Å². The predicted molar refractivity (Wildman–Crippen MR) is 62.2 cm³/mol. The molecule has 0 bridgehead atoms. The first-order valence-electron chi connectivity index (χ1n) is 6.06. The van der Waals surface area contributed by atoms with Crippen molar-refractivity contribution in [1.82, 2.24) is 9.88 Å². The highest BCUT2D eigenvalue weighted by Gasteiger charge is 2.53. The van der Waals surface area contributed by atoms with Crippen LogP contribution >= 0.6 is 0 Å². The number of amides is 1. The number of rotatable bonds is 3. The van der Waals surface area contributed by atoms with E-state index in [1.165, 1.54) is 0 Å². The minimum atomic E-state index is -0.579. The van der Waals surface area contributed by atoms with E-state index < -0.39 is 5.60 Å². The molecule has 1 aromatic heterocycles. The lowest BCUT2D eigenvalue weighted by molar-refractivity contribution is -0.158. The first-order valence-corrected chi connectivity index (χ1v) is 6.06. The number of carbonyl (C=O) groups is 1. The maximum absolute atomic E-state index is 11.9. The number of hydrogen-bond acceptors (Lipinski definition) is 3. The third kappa shape index (κ3) is 2.05. The van der Waals surface area contributed by atoms with Crippen LogP contribution in [0.5, 0.6) is 0 Å². The van der Waals surface area contributed by atoms with Crippen molar-refractivity contribution < 1.29 is 9.90 Å². The summed E-state index contributed by atoms with van der Waals surface area (Å²) >= 11 is 0. The van der Waals surface area contributed by atoms with Gasteiger partial charge in [0.15, 0.2) is 0 Å². The van der Waals surface area contributed by atoms with Gasteiger partial charge in [-0.2, -0.15) is 0 Å². The fraction of sp³-hybridized carbons (Fsp3) is 0.538. The van der Waals surface area contributed by atoms with Gasteiger partial charge in [-0.15, -0.1) is 0 Å². The zero-order valence-corrected chi connectivity index (χ0v) is 9.67. The monoisotopic (exact) mass is 232 g/mol. The van der Waals surface area contributed by atoms with Crippen molar-refractivity contribution in [3.05, 3.63) is 30.1 Å². The van der Waals surface area contributed by atoms with Crippen molar-refractivity contribution in [1.29, 1.82) is 0 Å². The summed E-state index contributed by atoms with van der Waals surface area (Å²) in [6.07, 6.45) is 6.02. The van der Waals surface area contributed by atoms with Gasteiger partial charge in [0.1, 0.15) is 5.60 Å². The molecule has 1 aliphatic carbocycles. The van der Waals surface area contributed by atoms with Crippen molar-refractivity contribution in [2.45, 2.75) is 24.9 Å². The lowest BCUT2D eigenvalue weighted by Gasteiger charge is -2.47. The van der Waals surface area contributed by atoms with Gasteiger partial charge in [0, 0.05) is 12.4 Å². The Morgan fingerprint density at radius 2 is 2.29 bits per heavy atom. The van der Waals surface area contributed by atoms with Gasteiger partial charge in [-0.25, -0.2) is 0 Å². The smallest absolute Gasteiger partial charge is 0.227 e. The summed E-state index contributed by atoms with van der Waals surface area (Å²) in [4.78, 5) is 17.6. The molecule has 3 rings (SSSR count). The Kier molecular flexibility index (Phi) is 2.40. The summed E-state index contributed by atoms with van der Waals surface area (Å²) in [7, 11) is 0. The van der Waals surface area contributed by atoms with Crippen LogP contribution in [-0.2, 0) is 11.2 Å². The lowest BCUT2D eigenvalue weighted by Crippen LogP contribution is -2.65. The Bertz CT molecular complexity index is 422. The van der Waals surface area contributed by atoms with Crippen molar-refractivity contribution in [2.75, 3.05) is 13.1 Å². The highest BCUT2D eigenvalue weighted by Crippen LogP contribution is 2.44. The van der Waals surface area contributed by atoms with Gasteiger partial charge in [-0.05, 0) is 30.4 Å². The van der Waals surface area contributed by atoms with Gasteiger partial charge in [0.05, 0.1) is 19.5 Å². The second kappa shape index (κ2) is 3.81. The maximum Gasteiger partial charge on any atom is 0.227 e. The van der Waals surface area contributed by atoms with Crippen LogP contribution in [0.3, 0.4) is 0 Å². The van der Waals surface area contributed by atoms with Crippen LogP contribution in [0.1, 0.15) is 18.4 Å². The third-order valence-electron chi connectivity index (χ3n) is 3.70. The largest absolute Gasteiger partial charge is 0.386 e. The molecule has 90 valence electrons. The van der Waals surface area contributed by atoms with Crippen LogP contribution in [0.25, 0.3) is 0 Å². The van der Waals surface area contributed by atoms with Crippen molar-refractivity contribution in [3.63, 3.8) is 0 Å². The van der Waals surface area contributed by atoms with Gasteiger partial charge in [0.25, 0.3) is 0 Å². The summed E-state index contributed by atoms with van der Waals surface area (Å²) in [5.74, 6) is 0.522. The first kappa shape index (κ1) is 10.7. The zero-order chi connectivity index (χ0) is 11.9. The highest BCUT2D eigenvalue weighted by atomic mass is 16.3. The molecular weight excluding hydrogens is 216 g/mol. The number of aromatic nitrogens is 1. The van der Waals surface area contributed by atoms with E-state index in [2.05, 4.69) is 4.98 Å². The van der Waals surface area contributed by atoms with Crippen LogP contribution in [0.2, 0.25) is 0 Å². The fourth-order valence-corrected chi connectivity index (χ4v) is 2.46. The Hall–Kier alpha value is -1.42. The molecule has 2 fully saturated rings. The normalized spacial score (nSPS) is 22.1. The summed E-state index contributed by atoms with van der Waals surface area (Å²) in [5, 5.41) is 10.1. The number of nitrogens with zero attached hydrogens (tertiary/aromatic N) is 2. The molecule has 0 aromatic carbocycles. The van der Waals surface area contributed by atoms with E-state index in [4.69, 9.17) is 0 Å². The van der Waals surface area contributed by atoms with Gasteiger partial charge in [-0.1, -0.05) is 6.07 Å². The molecule has 1 saturated heterocycles. The number of pyridine rings is 1. The quantitative estimate of drug-likeness (QED) is 0.830. The highest BCUT2D eigenvalue weighted by molar-refractivity contribution is 5.79. The summed E-state index contributed by atoms with van der Waals surface area (Å²) in [5.41, 5.74) is 0.351. The van der Waals surface area contributed by atoms with Crippen LogP contribution in [0, 0.1) is 5.92 Å². The molecule has 1 aromatic rings. The molecule has 0 radical (unpaired) electrons. The standard InChI is InChI=1S/C13H16N2O2/c16-12(6-10-2-1-5-14-7-10)15-8-13(17,9-15)11-3-4-11/h1-2,5,7,11,17H,3-4,6,8-9H2. The van der Waals surface area contributed by atoms with Crippen molar-refractivity contribution >= 4 is 5.91 Å². The fourth-order valence-electron chi connectivity index (χ4n) is 2.46. The molecule has 0 unspecified atom stereocenters.